The Balaban J connectivity index is 2.38. The highest BCUT2D eigenvalue weighted by Gasteiger charge is 2.38. The van der Waals surface area contributed by atoms with E-state index in [-0.39, 0.29) is 5.54 Å². The van der Waals surface area contributed by atoms with Gasteiger partial charge in [0.05, 0.1) is 0 Å². The van der Waals surface area contributed by atoms with Gasteiger partial charge < -0.3 is 16.2 Å². The van der Waals surface area contributed by atoms with Crippen molar-refractivity contribution in [2.24, 2.45) is 17.6 Å². The highest BCUT2D eigenvalue weighted by Crippen LogP contribution is 2.36. The van der Waals surface area contributed by atoms with Crippen molar-refractivity contribution in [2.75, 3.05) is 19.7 Å². The molecule has 0 aromatic carbocycles. The molecule has 102 valence electrons. The van der Waals surface area contributed by atoms with Crippen molar-refractivity contribution >= 4 is 0 Å². The monoisotopic (exact) mass is 242 g/mol. The van der Waals surface area contributed by atoms with Crippen LogP contribution in [0.1, 0.15) is 52.4 Å². The lowest BCUT2D eigenvalue weighted by Crippen LogP contribution is -2.58. The first-order valence-corrected chi connectivity index (χ1v) is 7.20. The third-order valence-corrected chi connectivity index (χ3v) is 4.42. The van der Waals surface area contributed by atoms with Crippen LogP contribution in [0.15, 0.2) is 0 Å². The van der Waals surface area contributed by atoms with Gasteiger partial charge in [0.1, 0.15) is 0 Å². The molecule has 0 heterocycles. The Kier molecular flexibility index (Phi) is 6.45. The second kappa shape index (κ2) is 7.34. The van der Waals surface area contributed by atoms with Gasteiger partial charge in [-0.15, -0.1) is 0 Å². The van der Waals surface area contributed by atoms with Crippen LogP contribution in [-0.2, 0) is 0 Å². The minimum atomic E-state index is 0.164. The van der Waals surface area contributed by atoms with Gasteiger partial charge >= 0.3 is 0 Å². The number of rotatable bonds is 7. The fourth-order valence-corrected chi connectivity index (χ4v) is 3.09. The summed E-state index contributed by atoms with van der Waals surface area (Å²) in [7, 11) is 0. The molecule has 0 aromatic rings. The molecule has 0 amide bonds. The highest BCUT2D eigenvalue weighted by atomic mass is 16.2. The van der Waals surface area contributed by atoms with Crippen molar-refractivity contribution in [1.29, 1.82) is 0 Å². The van der Waals surface area contributed by atoms with E-state index in [9.17, 15) is 0 Å². The normalized spacial score (nSPS) is 33.9. The molecule has 17 heavy (non-hydrogen) atoms. The summed E-state index contributed by atoms with van der Waals surface area (Å²) < 4.78 is 0. The van der Waals surface area contributed by atoms with Crippen LogP contribution in [0.2, 0.25) is 0 Å². The second-order valence-corrected chi connectivity index (χ2v) is 5.86. The molecule has 0 radical (unpaired) electrons. The Hall–Kier alpha value is -0.120. The quantitative estimate of drug-likeness (QED) is 0.598. The SMILES string of the molecule is CC1CCC(C)C(CN)(NCCCCCO)C1. The molecule has 0 saturated heterocycles. The van der Waals surface area contributed by atoms with Crippen molar-refractivity contribution < 1.29 is 5.11 Å². The van der Waals surface area contributed by atoms with Crippen LogP contribution >= 0.6 is 0 Å². The zero-order chi connectivity index (χ0) is 12.7. The molecule has 0 bridgehead atoms. The zero-order valence-corrected chi connectivity index (χ0v) is 11.5. The number of hydrogen-bond acceptors (Lipinski definition) is 3. The van der Waals surface area contributed by atoms with E-state index in [2.05, 4.69) is 19.2 Å². The molecular formula is C14H30N2O. The summed E-state index contributed by atoms with van der Waals surface area (Å²) in [5.41, 5.74) is 6.19. The lowest BCUT2D eigenvalue weighted by Gasteiger charge is -2.45. The molecule has 0 aromatic heterocycles. The molecule has 0 aliphatic heterocycles. The fourth-order valence-electron chi connectivity index (χ4n) is 3.09. The van der Waals surface area contributed by atoms with Crippen LogP contribution in [0.3, 0.4) is 0 Å². The van der Waals surface area contributed by atoms with Crippen LogP contribution in [-0.4, -0.2) is 30.3 Å². The first kappa shape index (κ1) is 14.9. The first-order chi connectivity index (χ1) is 8.14. The van der Waals surface area contributed by atoms with E-state index >= 15 is 0 Å². The number of nitrogens with two attached hydrogens (primary N) is 1. The maximum atomic E-state index is 8.75. The van der Waals surface area contributed by atoms with Crippen molar-refractivity contribution in [3.8, 4) is 0 Å². The molecule has 4 N–H and O–H groups in total. The Morgan fingerprint density at radius 1 is 1.24 bits per heavy atom. The molecule has 3 unspecified atom stereocenters. The van der Waals surface area contributed by atoms with Crippen molar-refractivity contribution in [3.63, 3.8) is 0 Å². The lowest BCUT2D eigenvalue weighted by molar-refractivity contribution is 0.126. The summed E-state index contributed by atoms with van der Waals surface area (Å²) in [6.07, 6.45) is 7.02. The van der Waals surface area contributed by atoms with Crippen molar-refractivity contribution in [3.05, 3.63) is 0 Å². The van der Waals surface area contributed by atoms with E-state index in [0.29, 0.717) is 12.5 Å². The summed E-state index contributed by atoms with van der Waals surface area (Å²) in [4.78, 5) is 0. The van der Waals surface area contributed by atoms with Crippen LogP contribution in [0.25, 0.3) is 0 Å². The van der Waals surface area contributed by atoms with E-state index < -0.39 is 0 Å². The number of nitrogens with one attached hydrogen (secondary N) is 1. The molecule has 3 nitrogen and oxygen atoms in total. The van der Waals surface area contributed by atoms with Gasteiger partial charge in [0.2, 0.25) is 0 Å². The van der Waals surface area contributed by atoms with Gasteiger partial charge in [-0.05, 0) is 50.5 Å². The molecule has 1 aliphatic rings. The van der Waals surface area contributed by atoms with Crippen LogP contribution in [0.4, 0.5) is 0 Å². The Morgan fingerprint density at radius 3 is 2.65 bits per heavy atom. The zero-order valence-electron chi connectivity index (χ0n) is 11.5. The molecule has 1 rings (SSSR count). The Labute approximate surface area is 106 Å². The summed E-state index contributed by atoms with van der Waals surface area (Å²) in [5, 5.41) is 12.5. The fraction of sp³-hybridized carbons (Fsp3) is 1.00. The lowest BCUT2D eigenvalue weighted by atomic mass is 9.69. The second-order valence-electron chi connectivity index (χ2n) is 5.86. The predicted octanol–water partition coefficient (Wildman–Crippen LogP) is 1.89. The minimum absolute atomic E-state index is 0.164. The maximum absolute atomic E-state index is 8.75. The van der Waals surface area contributed by atoms with E-state index in [1.807, 2.05) is 0 Å². The van der Waals surface area contributed by atoms with Crippen LogP contribution < -0.4 is 11.1 Å². The van der Waals surface area contributed by atoms with Gasteiger partial charge in [0.15, 0.2) is 0 Å². The molecule has 1 aliphatic carbocycles. The minimum Gasteiger partial charge on any atom is -0.396 e. The number of aliphatic hydroxyl groups excluding tert-OH is 1. The summed E-state index contributed by atoms with van der Waals surface area (Å²) in [6, 6.07) is 0. The molecule has 3 heteroatoms. The first-order valence-electron chi connectivity index (χ1n) is 7.20. The molecule has 0 spiro atoms. The van der Waals surface area contributed by atoms with Crippen LogP contribution in [0.5, 0.6) is 0 Å². The molecule has 1 saturated carbocycles. The number of unbranched alkanes of at least 4 members (excludes halogenated alkanes) is 2. The Bertz CT molecular complexity index is 210. The number of hydrogen-bond donors (Lipinski definition) is 3. The average Bonchev–Trinajstić information content (AvgIpc) is 2.33. The van der Waals surface area contributed by atoms with Crippen LogP contribution in [0, 0.1) is 11.8 Å². The summed E-state index contributed by atoms with van der Waals surface area (Å²) in [5.74, 6) is 1.47. The topological polar surface area (TPSA) is 58.3 Å². The van der Waals surface area contributed by atoms with Gasteiger partial charge in [-0.1, -0.05) is 20.3 Å². The van der Waals surface area contributed by atoms with Gasteiger partial charge in [-0.3, -0.25) is 0 Å². The Morgan fingerprint density at radius 2 is 2.00 bits per heavy atom. The van der Waals surface area contributed by atoms with Gasteiger partial charge in [-0.25, -0.2) is 0 Å². The summed E-state index contributed by atoms with van der Waals surface area (Å²) in [6.45, 7) is 6.77. The molecule has 3 atom stereocenters. The highest BCUT2D eigenvalue weighted by molar-refractivity contribution is 4.97. The predicted molar refractivity (Wildman–Crippen MR) is 72.9 cm³/mol. The van der Waals surface area contributed by atoms with Crippen molar-refractivity contribution in [1.82, 2.24) is 5.32 Å². The molecular weight excluding hydrogens is 212 g/mol. The maximum Gasteiger partial charge on any atom is 0.0431 e. The smallest absolute Gasteiger partial charge is 0.0431 e. The largest absolute Gasteiger partial charge is 0.396 e. The summed E-state index contributed by atoms with van der Waals surface area (Å²) >= 11 is 0. The van der Waals surface area contributed by atoms with E-state index in [0.717, 1.165) is 38.3 Å². The standard InChI is InChI=1S/C14H30N2O/c1-12-6-7-13(2)14(10-12,11-15)16-8-4-3-5-9-17/h12-13,16-17H,3-11,15H2,1-2H3. The number of aliphatic hydroxyl groups is 1. The van der Waals surface area contributed by atoms with E-state index in [1.54, 1.807) is 0 Å². The van der Waals surface area contributed by atoms with Gasteiger partial charge in [0.25, 0.3) is 0 Å². The average molecular weight is 242 g/mol. The van der Waals surface area contributed by atoms with E-state index in [4.69, 9.17) is 10.8 Å². The van der Waals surface area contributed by atoms with Gasteiger partial charge in [0, 0.05) is 18.7 Å². The molecule has 1 fully saturated rings. The van der Waals surface area contributed by atoms with Gasteiger partial charge in [-0.2, -0.15) is 0 Å². The van der Waals surface area contributed by atoms with Crippen molar-refractivity contribution in [2.45, 2.75) is 57.9 Å². The third kappa shape index (κ3) is 4.23. The third-order valence-electron chi connectivity index (χ3n) is 4.42. The van der Waals surface area contributed by atoms with E-state index in [1.165, 1.54) is 19.3 Å².